The normalized spacial score (nSPS) is 26.4. The molecule has 0 atom stereocenters. The van der Waals surface area contributed by atoms with Crippen LogP contribution in [0.4, 0.5) is 0 Å². The fourth-order valence-corrected chi connectivity index (χ4v) is 4.26. The molecule has 2 aliphatic rings. The first-order chi connectivity index (χ1) is 8.91. The highest BCUT2D eigenvalue weighted by atomic mass is 32.2. The molecule has 0 spiro atoms. The second-order valence-corrected chi connectivity index (χ2v) is 7.91. The van der Waals surface area contributed by atoms with Gasteiger partial charge in [0.1, 0.15) is 5.41 Å². The lowest BCUT2D eigenvalue weighted by Gasteiger charge is -2.41. The standard InChI is InChI=1S/C13H23N3O2S/c1-12(2)9-16(7-8-19-12)11(17)13(10(14)15-18)5-3-4-6-13/h18H,3-9H2,1-2H3,(H2,14,15). The van der Waals surface area contributed by atoms with Crippen molar-refractivity contribution in [3.8, 4) is 0 Å². The highest BCUT2D eigenvalue weighted by Crippen LogP contribution is 2.41. The van der Waals surface area contributed by atoms with E-state index in [1.54, 1.807) is 0 Å². The average Bonchev–Trinajstić information content (AvgIpc) is 2.86. The molecule has 0 radical (unpaired) electrons. The van der Waals surface area contributed by atoms with E-state index >= 15 is 0 Å². The van der Waals surface area contributed by atoms with Crippen molar-refractivity contribution >= 4 is 23.5 Å². The van der Waals surface area contributed by atoms with Crippen LogP contribution >= 0.6 is 11.8 Å². The highest BCUT2D eigenvalue weighted by molar-refractivity contribution is 8.00. The van der Waals surface area contributed by atoms with E-state index in [2.05, 4.69) is 19.0 Å². The predicted molar refractivity (Wildman–Crippen MR) is 77.4 cm³/mol. The van der Waals surface area contributed by atoms with Gasteiger partial charge in [-0.05, 0) is 26.7 Å². The molecule has 3 N–H and O–H groups in total. The van der Waals surface area contributed by atoms with Crippen molar-refractivity contribution in [3.05, 3.63) is 0 Å². The number of amidine groups is 1. The van der Waals surface area contributed by atoms with E-state index in [0.717, 1.165) is 31.7 Å². The van der Waals surface area contributed by atoms with Crippen molar-refractivity contribution < 1.29 is 10.0 Å². The molecule has 0 aromatic heterocycles. The second kappa shape index (κ2) is 5.23. The van der Waals surface area contributed by atoms with E-state index < -0.39 is 5.41 Å². The van der Waals surface area contributed by atoms with Gasteiger partial charge in [-0.2, -0.15) is 11.8 Å². The van der Waals surface area contributed by atoms with Crippen LogP contribution in [0.25, 0.3) is 0 Å². The zero-order chi connectivity index (χ0) is 14.1. The SMILES string of the molecule is CC1(C)CN(C(=O)C2(C(N)=NO)CCCC2)CCS1. The average molecular weight is 285 g/mol. The molecule has 1 aliphatic heterocycles. The number of rotatable bonds is 2. The van der Waals surface area contributed by atoms with Gasteiger partial charge in [0.05, 0.1) is 0 Å². The Morgan fingerprint density at radius 2 is 2.00 bits per heavy atom. The summed E-state index contributed by atoms with van der Waals surface area (Å²) in [6.07, 6.45) is 3.33. The number of nitrogens with two attached hydrogens (primary N) is 1. The fourth-order valence-electron chi connectivity index (χ4n) is 3.15. The topological polar surface area (TPSA) is 78.9 Å². The van der Waals surface area contributed by atoms with E-state index in [1.807, 2.05) is 16.7 Å². The number of carbonyl (C=O) groups is 1. The number of hydrogen-bond acceptors (Lipinski definition) is 4. The van der Waals surface area contributed by atoms with Gasteiger partial charge in [-0.1, -0.05) is 18.0 Å². The van der Waals surface area contributed by atoms with Crippen LogP contribution in [0.3, 0.4) is 0 Å². The maximum absolute atomic E-state index is 12.9. The van der Waals surface area contributed by atoms with Gasteiger partial charge in [0.25, 0.3) is 0 Å². The maximum atomic E-state index is 12.9. The van der Waals surface area contributed by atoms with Gasteiger partial charge in [-0.15, -0.1) is 0 Å². The lowest BCUT2D eigenvalue weighted by molar-refractivity contribution is -0.138. The molecule has 1 aliphatic carbocycles. The summed E-state index contributed by atoms with van der Waals surface area (Å²) in [6, 6.07) is 0. The summed E-state index contributed by atoms with van der Waals surface area (Å²) in [7, 11) is 0. The smallest absolute Gasteiger partial charge is 0.236 e. The lowest BCUT2D eigenvalue weighted by atomic mass is 9.83. The molecule has 5 nitrogen and oxygen atoms in total. The summed E-state index contributed by atoms with van der Waals surface area (Å²) in [5.41, 5.74) is 5.08. The molecule has 6 heteroatoms. The molecule has 1 heterocycles. The van der Waals surface area contributed by atoms with Crippen LogP contribution in [-0.2, 0) is 4.79 Å². The first kappa shape index (κ1) is 14.5. The number of carbonyl (C=O) groups excluding carboxylic acids is 1. The summed E-state index contributed by atoms with van der Waals surface area (Å²) in [5, 5.41) is 12.1. The van der Waals surface area contributed by atoms with Crippen molar-refractivity contribution in [2.24, 2.45) is 16.3 Å². The lowest BCUT2D eigenvalue weighted by Crippen LogP contribution is -2.55. The van der Waals surface area contributed by atoms with Crippen LogP contribution in [-0.4, -0.2) is 45.4 Å². The van der Waals surface area contributed by atoms with Gasteiger partial charge in [-0.3, -0.25) is 4.79 Å². The van der Waals surface area contributed by atoms with Crippen molar-refractivity contribution in [2.45, 2.75) is 44.3 Å². The minimum atomic E-state index is -0.757. The molecular formula is C13H23N3O2S. The van der Waals surface area contributed by atoms with E-state index in [1.165, 1.54) is 0 Å². The Kier molecular flexibility index (Phi) is 3.99. The molecule has 108 valence electrons. The van der Waals surface area contributed by atoms with E-state index in [-0.39, 0.29) is 16.5 Å². The first-order valence-electron chi connectivity index (χ1n) is 6.83. The van der Waals surface area contributed by atoms with E-state index in [4.69, 9.17) is 10.9 Å². The minimum Gasteiger partial charge on any atom is -0.409 e. The van der Waals surface area contributed by atoms with Crippen LogP contribution in [0, 0.1) is 5.41 Å². The zero-order valence-corrected chi connectivity index (χ0v) is 12.5. The molecule has 2 fully saturated rings. The third-order valence-corrected chi connectivity index (χ3v) is 5.47. The number of nitrogens with zero attached hydrogens (tertiary/aromatic N) is 2. The van der Waals surface area contributed by atoms with Crippen molar-refractivity contribution in [1.82, 2.24) is 4.90 Å². The van der Waals surface area contributed by atoms with Gasteiger partial charge in [-0.25, -0.2) is 0 Å². The molecule has 0 aromatic rings. The van der Waals surface area contributed by atoms with Crippen LogP contribution in [0.1, 0.15) is 39.5 Å². The molecule has 0 bridgehead atoms. The van der Waals surface area contributed by atoms with Crippen LogP contribution in [0.2, 0.25) is 0 Å². The first-order valence-corrected chi connectivity index (χ1v) is 7.81. The summed E-state index contributed by atoms with van der Waals surface area (Å²) in [4.78, 5) is 14.8. The Hall–Kier alpha value is -0.910. The molecule has 2 rings (SSSR count). The number of amides is 1. The monoisotopic (exact) mass is 285 g/mol. The van der Waals surface area contributed by atoms with Crippen LogP contribution in [0.5, 0.6) is 0 Å². The van der Waals surface area contributed by atoms with Crippen molar-refractivity contribution in [3.63, 3.8) is 0 Å². The summed E-state index contributed by atoms with van der Waals surface area (Å²) in [5.74, 6) is 1.09. The Morgan fingerprint density at radius 1 is 1.37 bits per heavy atom. The quantitative estimate of drug-likeness (QED) is 0.350. The highest BCUT2D eigenvalue weighted by Gasteiger charge is 2.48. The Balaban J connectivity index is 2.21. The molecule has 19 heavy (non-hydrogen) atoms. The maximum Gasteiger partial charge on any atom is 0.236 e. The van der Waals surface area contributed by atoms with Gasteiger partial charge < -0.3 is 15.8 Å². The van der Waals surface area contributed by atoms with Gasteiger partial charge >= 0.3 is 0 Å². The number of hydrogen-bond donors (Lipinski definition) is 2. The summed E-state index contributed by atoms with van der Waals surface area (Å²) in [6.45, 7) is 5.80. The van der Waals surface area contributed by atoms with Gasteiger partial charge in [0.2, 0.25) is 5.91 Å². The third kappa shape index (κ3) is 2.68. The van der Waals surface area contributed by atoms with Gasteiger partial charge in [0.15, 0.2) is 5.84 Å². The zero-order valence-electron chi connectivity index (χ0n) is 11.7. The number of oxime groups is 1. The van der Waals surface area contributed by atoms with E-state index in [0.29, 0.717) is 12.8 Å². The van der Waals surface area contributed by atoms with Crippen molar-refractivity contribution in [1.29, 1.82) is 0 Å². The van der Waals surface area contributed by atoms with Crippen LogP contribution < -0.4 is 5.73 Å². The summed E-state index contributed by atoms with van der Waals surface area (Å²) >= 11 is 1.89. The van der Waals surface area contributed by atoms with Gasteiger partial charge in [0, 0.05) is 23.6 Å². The molecule has 1 saturated carbocycles. The summed E-state index contributed by atoms with van der Waals surface area (Å²) < 4.78 is 0.0822. The Labute approximate surface area is 118 Å². The Morgan fingerprint density at radius 3 is 2.53 bits per heavy atom. The molecule has 1 amide bonds. The molecular weight excluding hydrogens is 262 g/mol. The predicted octanol–water partition coefficient (Wildman–Crippen LogP) is 1.65. The fraction of sp³-hybridized carbons (Fsp3) is 0.846. The number of thioether (sulfide) groups is 1. The van der Waals surface area contributed by atoms with Crippen LogP contribution in [0.15, 0.2) is 5.16 Å². The molecule has 0 aromatic carbocycles. The second-order valence-electron chi connectivity index (χ2n) is 6.11. The molecule has 1 saturated heterocycles. The van der Waals surface area contributed by atoms with E-state index in [9.17, 15) is 4.79 Å². The Bertz CT molecular complexity index is 389. The molecule has 0 unspecified atom stereocenters. The van der Waals surface area contributed by atoms with Crippen molar-refractivity contribution in [2.75, 3.05) is 18.8 Å². The minimum absolute atomic E-state index is 0.0497. The third-order valence-electron chi connectivity index (χ3n) is 4.18. The largest absolute Gasteiger partial charge is 0.409 e.